The Kier molecular flexibility index (Phi) is 4.20. The lowest BCUT2D eigenvalue weighted by Gasteiger charge is -2.02. The maximum absolute atomic E-state index is 11.9. The molecular formula is C14H15N3O2S. The molecule has 0 fully saturated rings. The quantitative estimate of drug-likeness (QED) is 0.877. The van der Waals surface area contributed by atoms with Crippen LogP contribution in [0.25, 0.3) is 11.4 Å². The molecule has 1 N–H and O–H groups in total. The third kappa shape index (κ3) is 2.58. The van der Waals surface area contributed by atoms with Crippen molar-refractivity contribution in [2.45, 2.75) is 27.2 Å². The number of carbonyl (C=O) groups is 1. The fourth-order valence-electron chi connectivity index (χ4n) is 2.09. The minimum Gasteiger partial charge on any atom is -0.462 e. The molecule has 0 unspecified atom stereocenters. The normalized spacial score (nSPS) is 10.3. The van der Waals surface area contributed by atoms with Crippen molar-refractivity contribution < 1.29 is 9.53 Å². The summed E-state index contributed by atoms with van der Waals surface area (Å²) >= 11 is 1.44. The lowest BCUT2D eigenvalue weighted by molar-refractivity contribution is 0.0525. The standard InChI is InChI=1S/C14H15N3O2S/c1-4-19-14(18)12-8(2)13(16-9(12)3)10-7-20-11(17-10)5-6-15/h7,16H,4-5H2,1-3H3. The van der Waals surface area contributed by atoms with E-state index in [-0.39, 0.29) is 5.97 Å². The van der Waals surface area contributed by atoms with Gasteiger partial charge in [-0.15, -0.1) is 11.3 Å². The van der Waals surface area contributed by atoms with Crippen molar-refractivity contribution in [3.05, 3.63) is 27.2 Å². The highest BCUT2D eigenvalue weighted by atomic mass is 32.1. The van der Waals surface area contributed by atoms with E-state index in [1.165, 1.54) is 11.3 Å². The first-order valence-electron chi connectivity index (χ1n) is 6.26. The molecule has 0 bridgehead atoms. The molecule has 5 nitrogen and oxygen atoms in total. The van der Waals surface area contributed by atoms with Crippen LogP contribution in [0.4, 0.5) is 0 Å². The maximum atomic E-state index is 11.9. The minimum absolute atomic E-state index is 0.300. The van der Waals surface area contributed by atoms with Gasteiger partial charge in [-0.1, -0.05) is 0 Å². The van der Waals surface area contributed by atoms with Crippen molar-refractivity contribution in [3.8, 4) is 17.5 Å². The molecule has 2 rings (SSSR count). The Morgan fingerprint density at radius 2 is 2.30 bits per heavy atom. The van der Waals surface area contributed by atoms with Crippen LogP contribution in [0.1, 0.15) is 33.5 Å². The molecular weight excluding hydrogens is 274 g/mol. The van der Waals surface area contributed by atoms with E-state index in [1.807, 2.05) is 19.2 Å². The molecule has 2 heterocycles. The van der Waals surface area contributed by atoms with Crippen LogP contribution in [-0.4, -0.2) is 22.5 Å². The number of ether oxygens (including phenoxy) is 1. The van der Waals surface area contributed by atoms with Crippen molar-refractivity contribution >= 4 is 17.3 Å². The minimum atomic E-state index is -0.322. The summed E-state index contributed by atoms with van der Waals surface area (Å²) in [6.07, 6.45) is 0.300. The molecule has 0 spiro atoms. The molecule has 0 saturated heterocycles. The first kappa shape index (κ1) is 14.3. The fraction of sp³-hybridized carbons (Fsp3) is 0.357. The van der Waals surface area contributed by atoms with E-state index in [4.69, 9.17) is 10.00 Å². The number of H-pyrrole nitrogens is 1. The Balaban J connectivity index is 2.40. The molecule has 2 aromatic rings. The summed E-state index contributed by atoms with van der Waals surface area (Å²) in [7, 11) is 0. The van der Waals surface area contributed by atoms with Gasteiger partial charge in [-0.3, -0.25) is 0 Å². The molecule has 0 aliphatic heterocycles. The molecule has 0 saturated carbocycles. The predicted octanol–water partition coefficient (Wildman–Crippen LogP) is 3.00. The van der Waals surface area contributed by atoms with Crippen LogP contribution in [0.15, 0.2) is 5.38 Å². The summed E-state index contributed by atoms with van der Waals surface area (Å²) < 4.78 is 5.06. The number of carbonyl (C=O) groups excluding carboxylic acids is 1. The van der Waals surface area contributed by atoms with Crippen LogP contribution in [0.5, 0.6) is 0 Å². The lowest BCUT2D eigenvalue weighted by atomic mass is 10.1. The first-order chi connectivity index (χ1) is 9.58. The van der Waals surface area contributed by atoms with Crippen LogP contribution in [0.2, 0.25) is 0 Å². The largest absolute Gasteiger partial charge is 0.462 e. The third-order valence-electron chi connectivity index (χ3n) is 2.96. The van der Waals surface area contributed by atoms with Crippen LogP contribution in [0.3, 0.4) is 0 Å². The number of hydrogen-bond acceptors (Lipinski definition) is 5. The van der Waals surface area contributed by atoms with Crippen LogP contribution in [0, 0.1) is 25.2 Å². The summed E-state index contributed by atoms with van der Waals surface area (Å²) in [5, 5.41) is 11.3. The Morgan fingerprint density at radius 3 is 2.95 bits per heavy atom. The Hall–Kier alpha value is -2.13. The van der Waals surface area contributed by atoms with E-state index >= 15 is 0 Å². The van der Waals surface area contributed by atoms with Gasteiger partial charge in [0.2, 0.25) is 0 Å². The van der Waals surface area contributed by atoms with Gasteiger partial charge >= 0.3 is 5.97 Å². The zero-order valence-corrected chi connectivity index (χ0v) is 12.4. The number of rotatable bonds is 4. The van der Waals surface area contributed by atoms with Gasteiger partial charge in [0, 0.05) is 11.1 Å². The molecule has 20 heavy (non-hydrogen) atoms. The van der Waals surface area contributed by atoms with Crippen LogP contribution < -0.4 is 0 Å². The van der Waals surface area contributed by atoms with Crippen molar-refractivity contribution in [2.75, 3.05) is 6.61 Å². The summed E-state index contributed by atoms with van der Waals surface area (Å²) in [5.74, 6) is -0.322. The number of nitrogens with zero attached hydrogens (tertiary/aromatic N) is 2. The van der Waals surface area contributed by atoms with Gasteiger partial charge in [0.05, 0.1) is 36.0 Å². The van der Waals surface area contributed by atoms with E-state index < -0.39 is 0 Å². The average molecular weight is 289 g/mol. The monoisotopic (exact) mass is 289 g/mol. The molecule has 6 heteroatoms. The second kappa shape index (κ2) is 5.88. The SMILES string of the molecule is CCOC(=O)c1c(C)[nH]c(-c2csc(CC#N)n2)c1C. The van der Waals surface area contributed by atoms with E-state index in [1.54, 1.807) is 6.92 Å². The third-order valence-corrected chi connectivity index (χ3v) is 3.80. The zero-order valence-electron chi connectivity index (χ0n) is 11.6. The molecule has 104 valence electrons. The Labute approximate surface area is 121 Å². The highest BCUT2D eigenvalue weighted by Crippen LogP contribution is 2.29. The number of esters is 1. The van der Waals surface area contributed by atoms with E-state index in [0.29, 0.717) is 18.6 Å². The number of nitriles is 1. The van der Waals surface area contributed by atoms with Gasteiger partial charge in [-0.2, -0.15) is 5.26 Å². The summed E-state index contributed by atoms with van der Waals surface area (Å²) in [4.78, 5) is 19.5. The van der Waals surface area contributed by atoms with Gasteiger partial charge in [-0.05, 0) is 26.3 Å². The Morgan fingerprint density at radius 1 is 1.55 bits per heavy atom. The topological polar surface area (TPSA) is 78.8 Å². The van der Waals surface area contributed by atoms with Gasteiger partial charge in [0.15, 0.2) is 0 Å². The zero-order chi connectivity index (χ0) is 14.7. The number of aromatic amines is 1. The summed E-state index contributed by atoms with van der Waals surface area (Å²) in [5.41, 5.74) is 3.74. The molecule has 0 radical (unpaired) electrons. The van der Waals surface area contributed by atoms with Crippen molar-refractivity contribution in [1.29, 1.82) is 5.26 Å². The molecule has 0 atom stereocenters. The van der Waals surface area contributed by atoms with E-state index in [9.17, 15) is 4.79 Å². The van der Waals surface area contributed by atoms with E-state index in [0.717, 1.165) is 27.7 Å². The second-order valence-electron chi connectivity index (χ2n) is 4.31. The maximum Gasteiger partial charge on any atom is 0.340 e. The first-order valence-corrected chi connectivity index (χ1v) is 7.14. The second-order valence-corrected chi connectivity index (χ2v) is 5.25. The van der Waals surface area contributed by atoms with E-state index in [2.05, 4.69) is 16.0 Å². The molecule has 0 amide bonds. The van der Waals surface area contributed by atoms with Crippen LogP contribution in [-0.2, 0) is 11.2 Å². The number of hydrogen-bond donors (Lipinski definition) is 1. The summed E-state index contributed by atoms with van der Waals surface area (Å²) in [6.45, 7) is 5.84. The predicted molar refractivity (Wildman–Crippen MR) is 76.6 cm³/mol. The van der Waals surface area contributed by atoms with Gasteiger partial charge < -0.3 is 9.72 Å². The highest BCUT2D eigenvalue weighted by Gasteiger charge is 2.21. The van der Waals surface area contributed by atoms with Crippen molar-refractivity contribution in [2.24, 2.45) is 0 Å². The fourth-order valence-corrected chi connectivity index (χ4v) is 2.81. The van der Waals surface area contributed by atoms with Crippen LogP contribution >= 0.6 is 11.3 Å². The molecule has 2 aromatic heterocycles. The highest BCUT2D eigenvalue weighted by molar-refractivity contribution is 7.10. The summed E-state index contributed by atoms with van der Waals surface area (Å²) in [6, 6.07) is 2.08. The van der Waals surface area contributed by atoms with Gasteiger partial charge in [0.1, 0.15) is 5.01 Å². The van der Waals surface area contributed by atoms with Gasteiger partial charge in [0.25, 0.3) is 0 Å². The number of aromatic nitrogens is 2. The molecule has 0 aromatic carbocycles. The number of nitrogens with one attached hydrogen (secondary N) is 1. The van der Waals surface area contributed by atoms with Crippen molar-refractivity contribution in [1.82, 2.24) is 9.97 Å². The molecule has 0 aliphatic carbocycles. The molecule has 0 aliphatic rings. The van der Waals surface area contributed by atoms with Gasteiger partial charge in [-0.25, -0.2) is 9.78 Å². The smallest absolute Gasteiger partial charge is 0.340 e. The average Bonchev–Trinajstić information content (AvgIpc) is 2.95. The number of aryl methyl sites for hydroxylation is 1. The van der Waals surface area contributed by atoms with Crippen molar-refractivity contribution in [3.63, 3.8) is 0 Å². The Bertz CT molecular complexity index is 679. The lowest BCUT2D eigenvalue weighted by Crippen LogP contribution is -2.06. The number of thiazole rings is 1.